The highest BCUT2D eigenvalue weighted by Crippen LogP contribution is 2.22. The number of cyclic esters (lactones) is 1. The quantitative estimate of drug-likeness (QED) is 0.512. The summed E-state index contributed by atoms with van der Waals surface area (Å²) in [6.07, 6.45) is 2.44. The van der Waals surface area contributed by atoms with E-state index in [-0.39, 0.29) is 23.9 Å². The van der Waals surface area contributed by atoms with E-state index in [4.69, 9.17) is 4.74 Å². The predicted octanol–water partition coefficient (Wildman–Crippen LogP) is 4.39. The number of benzene rings is 3. The minimum atomic E-state index is -0.341. The van der Waals surface area contributed by atoms with E-state index in [9.17, 15) is 14.4 Å². The van der Waals surface area contributed by atoms with Gasteiger partial charge in [0.05, 0.1) is 6.04 Å². The van der Waals surface area contributed by atoms with Gasteiger partial charge in [-0.3, -0.25) is 14.5 Å². The summed E-state index contributed by atoms with van der Waals surface area (Å²) in [4.78, 5) is 39.1. The summed E-state index contributed by atoms with van der Waals surface area (Å²) in [6, 6.07) is 24.3. The molecule has 0 aromatic heterocycles. The number of nitrogens with zero attached hydrogens (tertiary/aromatic N) is 1. The molecule has 2 fully saturated rings. The van der Waals surface area contributed by atoms with Crippen LogP contribution >= 0.6 is 0 Å². The molecular formula is C28H27N3O4. The molecule has 1 aliphatic heterocycles. The first-order valence-corrected chi connectivity index (χ1v) is 11.8. The zero-order valence-electron chi connectivity index (χ0n) is 19.3. The molecule has 7 heteroatoms. The minimum Gasteiger partial charge on any atom is -0.447 e. The Hall–Kier alpha value is -4.13. The smallest absolute Gasteiger partial charge is 0.410 e. The summed E-state index contributed by atoms with van der Waals surface area (Å²) in [7, 11) is 0. The first-order chi connectivity index (χ1) is 17.0. The molecule has 0 bridgehead atoms. The van der Waals surface area contributed by atoms with Crippen LogP contribution in [0.15, 0.2) is 78.9 Å². The van der Waals surface area contributed by atoms with Crippen LogP contribution in [0.1, 0.15) is 44.7 Å². The largest absolute Gasteiger partial charge is 0.447 e. The molecule has 3 amide bonds. The minimum absolute atomic E-state index is 0.0574. The monoisotopic (exact) mass is 469 g/mol. The van der Waals surface area contributed by atoms with Gasteiger partial charge < -0.3 is 15.4 Å². The third-order valence-corrected chi connectivity index (χ3v) is 6.25. The molecule has 0 spiro atoms. The third-order valence-electron chi connectivity index (χ3n) is 6.25. The van der Waals surface area contributed by atoms with Crippen LogP contribution in [-0.2, 0) is 17.7 Å². The molecule has 0 unspecified atom stereocenters. The summed E-state index contributed by atoms with van der Waals surface area (Å²) >= 11 is 0. The number of ether oxygens (including phenoxy) is 1. The highest BCUT2D eigenvalue weighted by atomic mass is 16.6. The molecule has 178 valence electrons. The van der Waals surface area contributed by atoms with Crippen molar-refractivity contribution in [2.75, 3.05) is 11.9 Å². The molecule has 0 radical (unpaired) electrons. The van der Waals surface area contributed by atoms with Crippen LogP contribution in [0.4, 0.5) is 10.5 Å². The Balaban J connectivity index is 1.22. The Morgan fingerprint density at radius 3 is 2.34 bits per heavy atom. The van der Waals surface area contributed by atoms with E-state index >= 15 is 0 Å². The lowest BCUT2D eigenvalue weighted by Crippen LogP contribution is -2.34. The average molecular weight is 470 g/mol. The molecule has 3 aromatic carbocycles. The normalized spacial score (nSPS) is 17.1. The molecule has 35 heavy (non-hydrogen) atoms. The van der Waals surface area contributed by atoms with E-state index in [0.717, 1.165) is 24.0 Å². The van der Waals surface area contributed by atoms with Gasteiger partial charge in [0.25, 0.3) is 11.8 Å². The first kappa shape index (κ1) is 22.7. The third kappa shape index (κ3) is 5.69. The summed E-state index contributed by atoms with van der Waals surface area (Å²) < 4.78 is 5.31. The molecule has 1 saturated carbocycles. The van der Waals surface area contributed by atoms with Crippen molar-refractivity contribution in [3.8, 4) is 0 Å². The van der Waals surface area contributed by atoms with Crippen molar-refractivity contribution >= 4 is 23.6 Å². The second-order valence-corrected chi connectivity index (χ2v) is 9.03. The maximum Gasteiger partial charge on any atom is 0.410 e. The molecular weight excluding hydrogens is 442 g/mol. The van der Waals surface area contributed by atoms with Crippen molar-refractivity contribution < 1.29 is 19.1 Å². The fourth-order valence-electron chi connectivity index (χ4n) is 4.15. The van der Waals surface area contributed by atoms with Crippen LogP contribution in [0.2, 0.25) is 0 Å². The molecule has 1 aliphatic carbocycles. The van der Waals surface area contributed by atoms with Crippen molar-refractivity contribution in [2.24, 2.45) is 0 Å². The van der Waals surface area contributed by atoms with E-state index in [1.807, 2.05) is 42.5 Å². The van der Waals surface area contributed by atoms with E-state index in [1.54, 1.807) is 41.3 Å². The fourth-order valence-corrected chi connectivity index (χ4v) is 4.15. The van der Waals surface area contributed by atoms with Crippen molar-refractivity contribution in [2.45, 2.75) is 37.9 Å². The van der Waals surface area contributed by atoms with Crippen molar-refractivity contribution in [3.63, 3.8) is 0 Å². The lowest BCUT2D eigenvalue weighted by atomic mass is 10.0. The Morgan fingerprint density at radius 1 is 0.857 bits per heavy atom. The number of carbonyl (C=O) groups excluding carboxylic acids is 3. The number of rotatable bonds is 8. The molecule has 3 aromatic rings. The van der Waals surface area contributed by atoms with Crippen LogP contribution in [0.3, 0.4) is 0 Å². The van der Waals surface area contributed by atoms with E-state index in [2.05, 4.69) is 10.6 Å². The number of nitrogens with one attached hydrogen (secondary N) is 2. The highest BCUT2D eigenvalue weighted by Gasteiger charge is 2.33. The van der Waals surface area contributed by atoms with E-state index in [0.29, 0.717) is 42.4 Å². The molecule has 1 atom stereocenters. The molecule has 1 saturated heterocycles. The lowest BCUT2D eigenvalue weighted by molar-refractivity contribution is 0.0950. The van der Waals surface area contributed by atoms with Gasteiger partial charge in [-0.05, 0) is 66.8 Å². The standard InChI is InChI=1S/C28H27N3O4/c32-26(29-24-13-14-24)21-9-11-23(12-10-21)30-27(33)22-8-4-7-20(15-22)17-31-25(18-35-28(31)34)16-19-5-2-1-3-6-19/h1-12,15,24-25H,13-14,16-18H2,(H,29,32)(H,30,33)/t25-/m1/s1. The van der Waals surface area contributed by atoms with Gasteiger partial charge in [0, 0.05) is 29.4 Å². The van der Waals surface area contributed by atoms with E-state index in [1.165, 1.54) is 0 Å². The van der Waals surface area contributed by atoms with Crippen LogP contribution < -0.4 is 10.6 Å². The summed E-state index contributed by atoms with van der Waals surface area (Å²) in [5.74, 6) is -0.351. The summed E-state index contributed by atoms with van der Waals surface area (Å²) in [5, 5.41) is 5.82. The number of anilines is 1. The Morgan fingerprint density at radius 2 is 1.60 bits per heavy atom. The maximum atomic E-state index is 12.9. The Bertz CT molecular complexity index is 1220. The van der Waals surface area contributed by atoms with Crippen LogP contribution in [-0.4, -0.2) is 41.5 Å². The van der Waals surface area contributed by atoms with Crippen LogP contribution in [0.5, 0.6) is 0 Å². The van der Waals surface area contributed by atoms with Gasteiger partial charge in [0.2, 0.25) is 0 Å². The van der Waals surface area contributed by atoms with Crippen molar-refractivity contribution in [3.05, 3.63) is 101 Å². The molecule has 2 aliphatic rings. The Kier molecular flexibility index (Phi) is 6.48. The molecule has 1 heterocycles. The number of carbonyl (C=O) groups is 3. The van der Waals surface area contributed by atoms with Crippen LogP contribution in [0, 0.1) is 0 Å². The van der Waals surface area contributed by atoms with E-state index < -0.39 is 0 Å². The topological polar surface area (TPSA) is 87.7 Å². The van der Waals surface area contributed by atoms with Gasteiger partial charge in [-0.25, -0.2) is 4.79 Å². The fraction of sp³-hybridized carbons (Fsp3) is 0.250. The number of hydrogen-bond acceptors (Lipinski definition) is 4. The predicted molar refractivity (Wildman–Crippen MR) is 132 cm³/mol. The van der Waals surface area contributed by atoms with Gasteiger partial charge in [0.15, 0.2) is 0 Å². The molecule has 7 nitrogen and oxygen atoms in total. The summed E-state index contributed by atoms with van der Waals surface area (Å²) in [5.41, 5.74) is 3.66. The lowest BCUT2D eigenvalue weighted by Gasteiger charge is -2.22. The van der Waals surface area contributed by atoms with Gasteiger partial charge in [0.1, 0.15) is 6.61 Å². The van der Waals surface area contributed by atoms with Crippen LogP contribution in [0.25, 0.3) is 0 Å². The number of amides is 3. The average Bonchev–Trinajstić information content (AvgIpc) is 3.64. The number of hydrogen-bond donors (Lipinski definition) is 2. The molecule has 5 rings (SSSR count). The second kappa shape index (κ2) is 10.0. The summed E-state index contributed by atoms with van der Waals surface area (Å²) in [6.45, 7) is 0.713. The van der Waals surface area contributed by atoms with Crippen molar-refractivity contribution in [1.82, 2.24) is 10.2 Å². The van der Waals surface area contributed by atoms with Gasteiger partial charge in [-0.15, -0.1) is 0 Å². The Labute approximate surface area is 204 Å². The zero-order valence-corrected chi connectivity index (χ0v) is 19.3. The molecule has 2 N–H and O–H groups in total. The maximum absolute atomic E-state index is 12.9. The van der Waals surface area contributed by atoms with Gasteiger partial charge in [-0.1, -0.05) is 42.5 Å². The first-order valence-electron chi connectivity index (χ1n) is 11.8. The SMILES string of the molecule is O=C(Nc1ccc(C(=O)NC2CC2)cc1)c1cccc(CN2C(=O)OC[C@H]2Cc2ccccc2)c1. The van der Waals surface area contributed by atoms with Crippen molar-refractivity contribution in [1.29, 1.82) is 0 Å². The van der Waals surface area contributed by atoms with Gasteiger partial charge in [-0.2, -0.15) is 0 Å². The van der Waals surface area contributed by atoms with Gasteiger partial charge >= 0.3 is 6.09 Å². The second-order valence-electron chi connectivity index (χ2n) is 9.03. The highest BCUT2D eigenvalue weighted by molar-refractivity contribution is 6.04. The zero-order chi connectivity index (χ0) is 24.2.